The maximum absolute atomic E-state index is 14.0. The molecule has 158 valence electrons. The molecule has 2 heterocycles. The van der Waals surface area contributed by atoms with E-state index in [4.69, 9.17) is 0 Å². The monoisotopic (exact) mass is 411 g/mol. The van der Waals surface area contributed by atoms with Crippen LogP contribution in [-0.4, -0.2) is 70.3 Å². The molecule has 1 saturated heterocycles. The number of nitrogens with zero attached hydrogens (tertiary/aromatic N) is 5. The summed E-state index contributed by atoms with van der Waals surface area (Å²) >= 11 is 0. The Hall–Kier alpha value is -3.03. The van der Waals surface area contributed by atoms with Crippen LogP contribution in [0.2, 0.25) is 0 Å². The second kappa shape index (κ2) is 8.77. The minimum Gasteiger partial charge on any atom is -0.366 e. The maximum Gasteiger partial charge on any atom is 0.274 e. The number of carbonyl (C=O) groups is 2. The van der Waals surface area contributed by atoms with Gasteiger partial charge in [-0.25, -0.2) is 9.37 Å². The Morgan fingerprint density at radius 3 is 2.47 bits per heavy atom. The molecule has 2 amide bonds. The standard InChI is InChI=1S/C22H26FN5O2/c1-16-14-25-19(15-24-16)22(30)28(17-6-7-17)9-8-21(29)27-12-10-26(11-13-27)20-5-3-2-4-18(20)23/h2-5,14-15,17H,6-13H2,1H3. The molecule has 0 bridgehead atoms. The van der Waals surface area contributed by atoms with E-state index in [0.29, 0.717) is 44.1 Å². The summed E-state index contributed by atoms with van der Waals surface area (Å²) in [5.41, 5.74) is 1.65. The number of amides is 2. The first-order chi connectivity index (χ1) is 14.5. The molecule has 1 aliphatic carbocycles. The molecule has 30 heavy (non-hydrogen) atoms. The Bertz CT molecular complexity index is 908. The van der Waals surface area contributed by atoms with E-state index in [9.17, 15) is 14.0 Å². The third-order valence-electron chi connectivity index (χ3n) is 5.64. The molecular formula is C22H26FN5O2. The number of aromatic nitrogens is 2. The van der Waals surface area contributed by atoms with Crippen molar-refractivity contribution in [3.63, 3.8) is 0 Å². The van der Waals surface area contributed by atoms with Gasteiger partial charge in [0, 0.05) is 51.4 Å². The van der Waals surface area contributed by atoms with Gasteiger partial charge in [0.2, 0.25) is 5.91 Å². The predicted octanol–water partition coefficient (Wildman–Crippen LogP) is 2.27. The van der Waals surface area contributed by atoms with E-state index in [1.807, 2.05) is 17.9 Å². The molecule has 8 heteroatoms. The van der Waals surface area contributed by atoms with E-state index in [0.717, 1.165) is 18.5 Å². The van der Waals surface area contributed by atoms with Gasteiger partial charge in [0.1, 0.15) is 11.5 Å². The molecule has 1 aromatic carbocycles. The average molecular weight is 411 g/mol. The molecule has 0 N–H and O–H groups in total. The van der Waals surface area contributed by atoms with Gasteiger partial charge in [-0.15, -0.1) is 0 Å². The highest BCUT2D eigenvalue weighted by Gasteiger charge is 2.34. The molecule has 7 nitrogen and oxygen atoms in total. The first kappa shape index (κ1) is 20.3. The van der Waals surface area contributed by atoms with Gasteiger partial charge in [-0.3, -0.25) is 14.6 Å². The zero-order valence-electron chi connectivity index (χ0n) is 17.1. The summed E-state index contributed by atoms with van der Waals surface area (Å²) in [5.74, 6) is -0.381. The van der Waals surface area contributed by atoms with Crippen molar-refractivity contribution in [2.24, 2.45) is 0 Å². The average Bonchev–Trinajstić information content (AvgIpc) is 3.60. The highest BCUT2D eigenvalue weighted by molar-refractivity contribution is 5.92. The molecule has 2 aliphatic rings. The smallest absolute Gasteiger partial charge is 0.274 e. The third-order valence-corrected chi connectivity index (χ3v) is 5.64. The number of halogens is 1. The summed E-state index contributed by atoms with van der Waals surface area (Å²) < 4.78 is 14.0. The van der Waals surface area contributed by atoms with Gasteiger partial charge in [0.25, 0.3) is 5.91 Å². The molecule has 1 aromatic heterocycles. The van der Waals surface area contributed by atoms with Gasteiger partial charge in [-0.05, 0) is 31.9 Å². The SMILES string of the molecule is Cc1cnc(C(=O)N(CCC(=O)N2CCN(c3ccccc3F)CC2)C2CC2)cn1. The van der Waals surface area contributed by atoms with Gasteiger partial charge in [0.05, 0.1) is 17.6 Å². The molecule has 2 aromatic rings. The lowest BCUT2D eigenvalue weighted by Crippen LogP contribution is -2.49. The Labute approximate surface area is 175 Å². The van der Waals surface area contributed by atoms with Crippen molar-refractivity contribution in [1.82, 2.24) is 19.8 Å². The summed E-state index contributed by atoms with van der Waals surface area (Å²) in [4.78, 5) is 39.4. The number of hydrogen-bond acceptors (Lipinski definition) is 5. The lowest BCUT2D eigenvalue weighted by molar-refractivity contribution is -0.131. The molecule has 4 rings (SSSR count). The summed E-state index contributed by atoms with van der Waals surface area (Å²) in [6.45, 7) is 4.49. The van der Waals surface area contributed by atoms with Gasteiger partial charge < -0.3 is 14.7 Å². The fourth-order valence-electron chi connectivity index (χ4n) is 3.77. The van der Waals surface area contributed by atoms with Crippen molar-refractivity contribution < 1.29 is 14.0 Å². The Kier molecular flexibility index (Phi) is 5.92. The van der Waals surface area contributed by atoms with Crippen LogP contribution < -0.4 is 4.90 Å². The molecule has 0 atom stereocenters. The molecule has 0 unspecified atom stereocenters. The fourth-order valence-corrected chi connectivity index (χ4v) is 3.77. The maximum atomic E-state index is 14.0. The highest BCUT2D eigenvalue weighted by atomic mass is 19.1. The van der Waals surface area contributed by atoms with Crippen molar-refractivity contribution in [3.05, 3.63) is 53.9 Å². The first-order valence-corrected chi connectivity index (χ1v) is 10.4. The molecule has 2 fully saturated rings. The van der Waals surface area contributed by atoms with Crippen LogP contribution in [0.25, 0.3) is 0 Å². The largest absolute Gasteiger partial charge is 0.366 e. The van der Waals surface area contributed by atoms with Gasteiger partial charge in [0.15, 0.2) is 0 Å². The molecule has 0 spiro atoms. The van der Waals surface area contributed by atoms with E-state index >= 15 is 0 Å². The van der Waals surface area contributed by atoms with E-state index in [1.54, 1.807) is 28.1 Å². The molecule has 1 aliphatic heterocycles. The van der Waals surface area contributed by atoms with Crippen molar-refractivity contribution in [3.8, 4) is 0 Å². The zero-order chi connectivity index (χ0) is 21.1. The van der Waals surface area contributed by atoms with Crippen LogP contribution in [-0.2, 0) is 4.79 Å². The van der Waals surface area contributed by atoms with Crippen LogP contribution >= 0.6 is 0 Å². The van der Waals surface area contributed by atoms with Crippen LogP contribution in [0, 0.1) is 12.7 Å². The van der Waals surface area contributed by atoms with E-state index < -0.39 is 0 Å². The van der Waals surface area contributed by atoms with Gasteiger partial charge in [-0.2, -0.15) is 0 Å². The Balaban J connectivity index is 1.31. The summed E-state index contributed by atoms with van der Waals surface area (Å²) in [6, 6.07) is 6.89. The number of carbonyl (C=O) groups excluding carboxylic acids is 2. The minimum atomic E-state index is -0.241. The van der Waals surface area contributed by atoms with E-state index in [-0.39, 0.29) is 30.1 Å². The molecule has 0 radical (unpaired) electrons. The van der Waals surface area contributed by atoms with Crippen molar-refractivity contribution >= 4 is 17.5 Å². The van der Waals surface area contributed by atoms with Crippen LogP contribution in [0.1, 0.15) is 35.4 Å². The zero-order valence-corrected chi connectivity index (χ0v) is 17.1. The summed E-state index contributed by atoms with van der Waals surface area (Å²) in [5, 5.41) is 0. The number of rotatable bonds is 6. The number of piperazine rings is 1. The van der Waals surface area contributed by atoms with Gasteiger partial charge >= 0.3 is 0 Å². The first-order valence-electron chi connectivity index (χ1n) is 10.4. The number of aryl methyl sites for hydroxylation is 1. The van der Waals surface area contributed by atoms with Gasteiger partial charge in [-0.1, -0.05) is 12.1 Å². The molecular weight excluding hydrogens is 385 g/mol. The van der Waals surface area contributed by atoms with Crippen molar-refractivity contribution in [1.29, 1.82) is 0 Å². The predicted molar refractivity (Wildman–Crippen MR) is 111 cm³/mol. The number of benzene rings is 1. The quantitative estimate of drug-likeness (QED) is 0.729. The number of hydrogen-bond donors (Lipinski definition) is 0. The summed E-state index contributed by atoms with van der Waals surface area (Å²) in [6.07, 6.45) is 5.28. The van der Waals surface area contributed by atoms with E-state index in [1.165, 1.54) is 12.3 Å². The van der Waals surface area contributed by atoms with Crippen LogP contribution in [0.4, 0.5) is 10.1 Å². The fraction of sp³-hybridized carbons (Fsp3) is 0.455. The normalized spacial score (nSPS) is 16.5. The van der Waals surface area contributed by atoms with Crippen molar-refractivity contribution in [2.45, 2.75) is 32.2 Å². The number of para-hydroxylation sites is 1. The number of anilines is 1. The topological polar surface area (TPSA) is 69.6 Å². The Morgan fingerprint density at radius 1 is 1.10 bits per heavy atom. The highest BCUT2D eigenvalue weighted by Crippen LogP contribution is 2.28. The lowest BCUT2D eigenvalue weighted by Gasteiger charge is -2.36. The van der Waals surface area contributed by atoms with E-state index in [2.05, 4.69) is 9.97 Å². The van der Waals surface area contributed by atoms with Crippen molar-refractivity contribution in [2.75, 3.05) is 37.6 Å². The second-order valence-electron chi connectivity index (χ2n) is 7.84. The van der Waals surface area contributed by atoms with Crippen LogP contribution in [0.5, 0.6) is 0 Å². The third kappa shape index (κ3) is 4.58. The molecule has 1 saturated carbocycles. The van der Waals surface area contributed by atoms with Crippen LogP contribution in [0.15, 0.2) is 36.7 Å². The summed E-state index contributed by atoms with van der Waals surface area (Å²) in [7, 11) is 0. The minimum absolute atomic E-state index is 0.0247. The Morgan fingerprint density at radius 2 is 1.83 bits per heavy atom. The van der Waals surface area contributed by atoms with Crippen LogP contribution in [0.3, 0.4) is 0 Å². The second-order valence-corrected chi connectivity index (χ2v) is 7.84. The lowest BCUT2D eigenvalue weighted by atomic mass is 10.2.